The summed E-state index contributed by atoms with van der Waals surface area (Å²) in [6.07, 6.45) is 3.37. The van der Waals surface area contributed by atoms with E-state index in [1.54, 1.807) is 18.5 Å². The number of aromatic amines is 2. The molecule has 0 aliphatic rings. The van der Waals surface area contributed by atoms with Crippen molar-refractivity contribution in [2.75, 3.05) is 6.61 Å². The van der Waals surface area contributed by atoms with E-state index in [0.717, 1.165) is 16.8 Å². The van der Waals surface area contributed by atoms with E-state index in [1.165, 1.54) is 6.92 Å². The standard InChI is InChI=1S/C16H13Cl2N5O2/c1-8(24)20-7-11-13(9-5-21-22-6-9)14-12(25-3-2-19)4-10(17)15(18)16(14)23-11/h4-6,23H,3,7H2,1H3,(H,20,24)(H,21,22). The molecule has 3 rings (SSSR count). The average Bonchev–Trinajstić information content (AvgIpc) is 3.22. The molecule has 0 saturated carbocycles. The second-order valence-electron chi connectivity index (χ2n) is 5.24. The van der Waals surface area contributed by atoms with Crippen LogP contribution in [0.4, 0.5) is 0 Å². The van der Waals surface area contributed by atoms with Gasteiger partial charge in [0.2, 0.25) is 5.91 Å². The third-order valence-corrected chi connectivity index (χ3v) is 4.39. The number of carbonyl (C=O) groups is 1. The van der Waals surface area contributed by atoms with Crippen LogP contribution in [0.25, 0.3) is 22.0 Å². The van der Waals surface area contributed by atoms with Gasteiger partial charge in [-0.15, -0.1) is 0 Å². The number of nitrogens with zero attached hydrogens (tertiary/aromatic N) is 2. The van der Waals surface area contributed by atoms with Crippen molar-refractivity contribution in [2.24, 2.45) is 0 Å². The van der Waals surface area contributed by atoms with E-state index in [4.69, 9.17) is 33.2 Å². The fourth-order valence-corrected chi connectivity index (χ4v) is 3.00. The number of carbonyl (C=O) groups excluding carboxylic acids is 1. The van der Waals surface area contributed by atoms with E-state index in [1.807, 2.05) is 6.07 Å². The summed E-state index contributed by atoms with van der Waals surface area (Å²) in [4.78, 5) is 14.5. The highest BCUT2D eigenvalue weighted by Crippen LogP contribution is 2.44. The van der Waals surface area contributed by atoms with Crippen LogP contribution in [0.2, 0.25) is 10.0 Å². The van der Waals surface area contributed by atoms with Gasteiger partial charge in [-0.1, -0.05) is 23.2 Å². The van der Waals surface area contributed by atoms with Crippen LogP contribution in [0, 0.1) is 11.3 Å². The molecule has 1 amide bonds. The molecule has 3 N–H and O–H groups in total. The quantitative estimate of drug-likeness (QED) is 0.633. The number of amides is 1. The lowest BCUT2D eigenvalue weighted by molar-refractivity contribution is -0.119. The minimum Gasteiger partial charge on any atom is -0.478 e. The largest absolute Gasteiger partial charge is 0.478 e. The van der Waals surface area contributed by atoms with Crippen LogP contribution in [-0.4, -0.2) is 27.7 Å². The fraction of sp³-hybridized carbons (Fsp3) is 0.188. The van der Waals surface area contributed by atoms with E-state index < -0.39 is 0 Å². The van der Waals surface area contributed by atoms with Crippen LogP contribution in [0.5, 0.6) is 5.75 Å². The summed E-state index contributed by atoms with van der Waals surface area (Å²) in [7, 11) is 0. The Bertz CT molecular complexity index is 973. The lowest BCUT2D eigenvalue weighted by Gasteiger charge is -2.08. The van der Waals surface area contributed by atoms with Crippen molar-refractivity contribution in [3.63, 3.8) is 0 Å². The van der Waals surface area contributed by atoms with Crippen LogP contribution < -0.4 is 10.1 Å². The SMILES string of the molecule is CC(=O)NCc1[nH]c2c(Cl)c(Cl)cc(OCC#N)c2c1-c1cn[nH]c1. The van der Waals surface area contributed by atoms with Gasteiger partial charge >= 0.3 is 0 Å². The summed E-state index contributed by atoms with van der Waals surface area (Å²) in [5, 5.41) is 19.6. The number of nitriles is 1. The first-order valence-corrected chi connectivity index (χ1v) is 8.04. The molecule has 3 aromatic rings. The van der Waals surface area contributed by atoms with Crippen LogP contribution >= 0.6 is 23.2 Å². The Morgan fingerprint density at radius 2 is 2.28 bits per heavy atom. The van der Waals surface area contributed by atoms with Crippen LogP contribution in [-0.2, 0) is 11.3 Å². The van der Waals surface area contributed by atoms with Gasteiger partial charge in [0.25, 0.3) is 0 Å². The molecule has 0 aliphatic carbocycles. The van der Waals surface area contributed by atoms with Crippen LogP contribution in [0.1, 0.15) is 12.6 Å². The Morgan fingerprint density at radius 3 is 2.92 bits per heavy atom. The topological polar surface area (TPSA) is 107 Å². The van der Waals surface area contributed by atoms with E-state index in [0.29, 0.717) is 26.7 Å². The maximum Gasteiger partial charge on any atom is 0.217 e. The van der Waals surface area contributed by atoms with Gasteiger partial charge in [0.1, 0.15) is 11.8 Å². The lowest BCUT2D eigenvalue weighted by Crippen LogP contribution is -2.19. The minimum absolute atomic E-state index is 0.135. The molecule has 9 heteroatoms. The molecule has 0 fully saturated rings. The maximum atomic E-state index is 11.3. The number of benzene rings is 1. The first-order valence-electron chi connectivity index (χ1n) is 7.28. The molecule has 2 aromatic heterocycles. The molecule has 7 nitrogen and oxygen atoms in total. The summed E-state index contributed by atoms with van der Waals surface area (Å²) >= 11 is 12.5. The number of nitrogens with one attached hydrogen (secondary N) is 3. The second-order valence-corrected chi connectivity index (χ2v) is 6.03. The van der Waals surface area contributed by atoms with Crippen molar-refractivity contribution in [3.05, 3.63) is 34.2 Å². The van der Waals surface area contributed by atoms with Gasteiger partial charge in [-0.05, 0) is 0 Å². The highest BCUT2D eigenvalue weighted by Gasteiger charge is 2.22. The molecular formula is C16H13Cl2N5O2. The van der Waals surface area contributed by atoms with Gasteiger partial charge < -0.3 is 15.0 Å². The molecule has 0 atom stereocenters. The van der Waals surface area contributed by atoms with E-state index >= 15 is 0 Å². The van der Waals surface area contributed by atoms with Gasteiger partial charge in [0, 0.05) is 36.0 Å². The molecule has 0 radical (unpaired) electrons. The molecule has 25 heavy (non-hydrogen) atoms. The normalized spacial score (nSPS) is 10.6. The number of hydrogen-bond donors (Lipinski definition) is 3. The summed E-state index contributed by atoms with van der Waals surface area (Å²) in [5.41, 5.74) is 2.84. The third kappa shape index (κ3) is 3.27. The van der Waals surface area contributed by atoms with Crippen LogP contribution in [0.3, 0.4) is 0 Å². The number of rotatable bonds is 5. The van der Waals surface area contributed by atoms with Crippen molar-refractivity contribution in [2.45, 2.75) is 13.5 Å². The molecule has 0 aliphatic heterocycles. The number of halogens is 2. The Kier molecular flexibility index (Phi) is 4.83. The van der Waals surface area contributed by atoms with Crippen molar-refractivity contribution in [1.29, 1.82) is 5.26 Å². The first-order chi connectivity index (χ1) is 12.0. The Morgan fingerprint density at radius 1 is 1.48 bits per heavy atom. The fourth-order valence-electron chi connectivity index (χ4n) is 2.61. The van der Waals surface area contributed by atoms with Crippen LogP contribution in [0.15, 0.2) is 18.5 Å². The van der Waals surface area contributed by atoms with Crippen molar-refractivity contribution < 1.29 is 9.53 Å². The maximum absolute atomic E-state index is 11.3. The molecule has 0 saturated heterocycles. The molecule has 0 unspecified atom stereocenters. The van der Waals surface area contributed by atoms with Gasteiger partial charge in [-0.3, -0.25) is 9.89 Å². The van der Waals surface area contributed by atoms with Crippen molar-refractivity contribution in [3.8, 4) is 22.9 Å². The molecule has 0 spiro atoms. The summed E-state index contributed by atoms with van der Waals surface area (Å²) in [6.45, 7) is 1.56. The predicted octanol–water partition coefficient (Wildman–Crippen LogP) is 3.40. The molecule has 128 valence electrons. The Hall–Kier alpha value is -2.69. The number of ether oxygens (including phenoxy) is 1. The Balaban J connectivity index is 2.28. The number of H-pyrrole nitrogens is 2. The van der Waals surface area contributed by atoms with Gasteiger partial charge in [0.05, 0.1) is 33.7 Å². The number of fused-ring (bicyclic) bond motifs is 1. The zero-order valence-corrected chi connectivity index (χ0v) is 14.6. The van der Waals surface area contributed by atoms with E-state index in [9.17, 15) is 4.79 Å². The minimum atomic E-state index is -0.165. The Labute approximate surface area is 152 Å². The predicted molar refractivity (Wildman–Crippen MR) is 94.5 cm³/mol. The molecule has 2 heterocycles. The second kappa shape index (κ2) is 7.05. The summed E-state index contributed by atoms with van der Waals surface area (Å²) in [6, 6.07) is 3.50. The lowest BCUT2D eigenvalue weighted by atomic mass is 10.0. The third-order valence-electron chi connectivity index (χ3n) is 3.60. The highest BCUT2D eigenvalue weighted by atomic mass is 35.5. The monoisotopic (exact) mass is 377 g/mol. The smallest absolute Gasteiger partial charge is 0.217 e. The van der Waals surface area contributed by atoms with Crippen molar-refractivity contribution in [1.82, 2.24) is 20.5 Å². The van der Waals surface area contributed by atoms with E-state index in [2.05, 4.69) is 20.5 Å². The molecule has 0 bridgehead atoms. The molecular weight excluding hydrogens is 365 g/mol. The number of hydrogen-bond acceptors (Lipinski definition) is 4. The summed E-state index contributed by atoms with van der Waals surface area (Å²) in [5.74, 6) is 0.259. The highest BCUT2D eigenvalue weighted by molar-refractivity contribution is 6.45. The average molecular weight is 378 g/mol. The van der Waals surface area contributed by atoms with Crippen molar-refractivity contribution >= 4 is 40.0 Å². The molecule has 1 aromatic carbocycles. The zero-order chi connectivity index (χ0) is 18.0. The zero-order valence-electron chi connectivity index (χ0n) is 13.1. The summed E-state index contributed by atoms with van der Waals surface area (Å²) < 4.78 is 5.54. The number of aromatic nitrogens is 3. The van der Waals surface area contributed by atoms with Gasteiger partial charge in [-0.2, -0.15) is 10.4 Å². The van der Waals surface area contributed by atoms with E-state index in [-0.39, 0.29) is 19.1 Å². The van der Waals surface area contributed by atoms with Gasteiger partial charge in [0.15, 0.2) is 6.61 Å². The van der Waals surface area contributed by atoms with Gasteiger partial charge in [-0.25, -0.2) is 0 Å². The first kappa shape index (κ1) is 17.1.